The van der Waals surface area contributed by atoms with Crippen molar-refractivity contribution in [2.24, 2.45) is 0 Å². The third-order valence-electron chi connectivity index (χ3n) is 4.31. The average Bonchev–Trinajstić information content (AvgIpc) is 2.83. The molecule has 2 N–H and O–H groups in total. The number of anilines is 1. The van der Waals surface area contributed by atoms with Gasteiger partial charge >= 0.3 is 5.97 Å². The van der Waals surface area contributed by atoms with Crippen molar-refractivity contribution in [3.05, 3.63) is 62.0 Å². The SMILES string of the molecule is CC(=O)OCCNC1(Cc2cccc(Cl)c2)C(=O)Nc2cc(Cl)cc(Br)c21. The Kier molecular flexibility index (Phi) is 6.11. The molecule has 2 aromatic carbocycles. The first kappa shape index (κ1) is 20.1. The first-order valence-electron chi connectivity index (χ1n) is 8.25. The fourth-order valence-corrected chi connectivity index (χ4v) is 4.62. The van der Waals surface area contributed by atoms with Crippen LogP contribution in [0.1, 0.15) is 18.1 Å². The summed E-state index contributed by atoms with van der Waals surface area (Å²) in [5.74, 6) is -0.576. The van der Waals surface area contributed by atoms with Gasteiger partial charge in [0.15, 0.2) is 0 Å². The molecule has 2 aromatic rings. The Morgan fingerprint density at radius 3 is 2.74 bits per heavy atom. The van der Waals surface area contributed by atoms with Gasteiger partial charge in [0.05, 0.1) is 0 Å². The molecule has 0 saturated heterocycles. The van der Waals surface area contributed by atoms with Crippen molar-refractivity contribution >= 4 is 56.7 Å². The van der Waals surface area contributed by atoms with Gasteiger partial charge in [0.1, 0.15) is 12.1 Å². The summed E-state index contributed by atoms with van der Waals surface area (Å²) in [5, 5.41) is 7.28. The van der Waals surface area contributed by atoms with E-state index >= 15 is 0 Å². The molecule has 0 bridgehead atoms. The van der Waals surface area contributed by atoms with E-state index in [1.807, 2.05) is 18.2 Å². The number of carbonyl (C=O) groups excluding carboxylic acids is 2. The van der Waals surface area contributed by atoms with Gasteiger partial charge in [0.2, 0.25) is 5.91 Å². The molecule has 0 radical (unpaired) electrons. The highest BCUT2D eigenvalue weighted by Gasteiger charge is 2.48. The second-order valence-corrected chi connectivity index (χ2v) is 7.97. The van der Waals surface area contributed by atoms with Crippen molar-refractivity contribution < 1.29 is 14.3 Å². The molecule has 0 saturated carbocycles. The van der Waals surface area contributed by atoms with Crippen LogP contribution in [0.3, 0.4) is 0 Å². The number of ether oxygens (including phenoxy) is 1. The highest BCUT2D eigenvalue weighted by atomic mass is 79.9. The highest BCUT2D eigenvalue weighted by molar-refractivity contribution is 9.10. The van der Waals surface area contributed by atoms with E-state index in [1.54, 1.807) is 18.2 Å². The van der Waals surface area contributed by atoms with Gasteiger partial charge in [-0.1, -0.05) is 51.3 Å². The maximum Gasteiger partial charge on any atom is 0.302 e. The van der Waals surface area contributed by atoms with Gasteiger partial charge in [-0.05, 0) is 29.8 Å². The van der Waals surface area contributed by atoms with Crippen molar-refractivity contribution in [1.29, 1.82) is 0 Å². The minimum Gasteiger partial charge on any atom is -0.465 e. The minimum absolute atomic E-state index is 0.153. The summed E-state index contributed by atoms with van der Waals surface area (Å²) < 4.78 is 5.71. The Hall–Kier alpha value is -1.60. The molecule has 0 aliphatic carbocycles. The number of esters is 1. The molecule has 27 heavy (non-hydrogen) atoms. The van der Waals surface area contributed by atoms with Gasteiger partial charge in [0.25, 0.3) is 0 Å². The zero-order chi connectivity index (χ0) is 19.6. The summed E-state index contributed by atoms with van der Waals surface area (Å²) in [6, 6.07) is 10.8. The van der Waals surface area contributed by atoms with Crippen molar-refractivity contribution in [3.8, 4) is 0 Å². The van der Waals surface area contributed by atoms with Crippen molar-refractivity contribution in [2.75, 3.05) is 18.5 Å². The standard InChI is InChI=1S/C19H17BrCl2N2O3/c1-11(25)27-6-5-23-19(10-12-3-2-4-13(21)7-12)17-15(20)8-14(22)9-16(17)24-18(19)26/h2-4,7-9,23H,5-6,10H2,1H3,(H,24,26). The Labute approximate surface area is 175 Å². The third kappa shape index (κ3) is 4.29. The number of amides is 1. The van der Waals surface area contributed by atoms with E-state index in [2.05, 4.69) is 26.6 Å². The first-order chi connectivity index (χ1) is 12.8. The molecule has 0 fully saturated rings. The third-order valence-corrected chi connectivity index (χ3v) is 5.39. The fourth-order valence-electron chi connectivity index (χ4n) is 3.26. The van der Waals surface area contributed by atoms with E-state index in [0.29, 0.717) is 33.2 Å². The summed E-state index contributed by atoms with van der Waals surface area (Å²) in [7, 11) is 0. The predicted molar refractivity (Wildman–Crippen MR) is 109 cm³/mol. The Morgan fingerprint density at radius 1 is 1.26 bits per heavy atom. The maximum absolute atomic E-state index is 13.1. The van der Waals surface area contributed by atoms with Crippen molar-refractivity contribution in [3.63, 3.8) is 0 Å². The van der Waals surface area contributed by atoms with E-state index in [1.165, 1.54) is 6.92 Å². The van der Waals surface area contributed by atoms with Crippen LogP contribution in [0.15, 0.2) is 40.9 Å². The van der Waals surface area contributed by atoms with Gasteiger partial charge in [-0.2, -0.15) is 0 Å². The predicted octanol–water partition coefficient (Wildman–Crippen LogP) is 4.30. The van der Waals surface area contributed by atoms with Crippen LogP contribution in [-0.2, 0) is 26.3 Å². The van der Waals surface area contributed by atoms with Crippen LogP contribution in [0.4, 0.5) is 5.69 Å². The Morgan fingerprint density at radius 2 is 2.04 bits per heavy atom. The topological polar surface area (TPSA) is 67.4 Å². The summed E-state index contributed by atoms with van der Waals surface area (Å²) in [6.45, 7) is 1.81. The number of rotatable bonds is 6. The van der Waals surface area contributed by atoms with Gasteiger partial charge in [-0.25, -0.2) is 0 Å². The lowest BCUT2D eigenvalue weighted by molar-refractivity contribution is -0.140. The van der Waals surface area contributed by atoms with Crippen molar-refractivity contribution in [2.45, 2.75) is 18.9 Å². The molecule has 1 heterocycles. The summed E-state index contributed by atoms with van der Waals surface area (Å²) >= 11 is 15.8. The van der Waals surface area contributed by atoms with Gasteiger partial charge in [-0.15, -0.1) is 0 Å². The number of benzene rings is 2. The van der Waals surface area contributed by atoms with Crippen LogP contribution in [-0.4, -0.2) is 25.0 Å². The molecule has 1 aliphatic heterocycles. The van der Waals surface area contributed by atoms with E-state index in [-0.39, 0.29) is 18.5 Å². The molecule has 0 aromatic heterocycles. The highest BCUT2D eigenvalue weighted by Crippen LogP contribution is 2.44. The lowest BCUT2D eigenvalue weighted by Crippen LogP contribution is -2.51. The molecule has 8 heteroatoms. The average molecular weight is 472 g/mol. The minimum atomic E-state index is -1.05. The molecular formula is C19H17BrCl2N2O3. The smallest absolute Gasteiger partial charge is 0.302 e. The maximum atomic E-state index is 13.1. The molecule has 1 amide bonds. The first-order valence-corrected chi connectivity index (χ1v) is 9.80. The molecule has 0 spiro atoms. The molecule has 1 aliphatic rings. The van der Waals surface area contributed by atoms with Crippen LogP contribution < -0.4 is 10.6 Å². The van der Waals surface area contributed by atoms with Crippen LogP contribution in [0, 0.1) is 0 Å². The number of hydrogen-bond acceptors (Lipinski definition) is 4. The van der Waals surface area contributed by atoms with E-state index < -0.39 is 5.54 Å². The molecule has 5 nitrogen and oxygen atoms in total. The fraction of sp³-hybridized carbons (Fsp3) is 0.263. The quantitative estimate of drug-likeness (QED) is 0.486. The van der Waals surface area contributed by atoms with Crippen LogP contribution in [0.5, 0.6) is 0 Å². The number of halogens is 3. The molecule has 1 unspecified atom stereocenters. The zero-order valence-electron chi connectivity index (χ0n) is 14.4. The summed E-state index contributed by atoms with van der Waals surface area (Å²) in [5.41, 5.74) is 1.25. The molecular weight excluding hydrogens is 455 g/mol. The molecule has 142 valence electrons. The normalized spacial score (nSPS) is 18.1. The van der Waals surface area contributed by atoms with Gasteiger partial charge < -0.3 is 10.1 Å². The Balaban J connectivity index is 2.00. The number of carbonyl (C=O) groups is 2. The van der Waals surface area contributed by atoms with E-state index in [9.17, 15) is 9.59 Å². The summed E-state index contributed by atoms with van der Waals surface area (Å²) in [6.07, 6.45) is 0.368. The van der Waals surface area contributed by atoms with E-state index in [4.69, 9.17) is 27.9 Å². The van der Waals surface area contributed by atoms with E-state index in [0.717, 1.165) is 11.1 Å². The lowest BCUT2D eigenvalue weighted by atomic mass is 9.84. The number of hydrogen-bond donors (Lipinski definition) is 2. The van der Waals surface area contributed by atoms with Gasteiger partial charge in [0, 0.05) is 45.7 Å². The summed E-state index contributed by atoms with van der Waals surface area (Å²) in [4.78, 5) is 24.1. The van der Waals surface area contributed by atoms with Crippen LogP contribution in [0.2, 0.25) is 10.0 Å². The van der Waals surface area contributed by atoms with Gasteiger partial charge in [-0.3, -0.25) is 14.9 Å². The zero-order valence-corrected chi connectivity index (χ0v) is 17.5. The molecule has 1 atom stereocenters. The second-order valence-electron chi connectivity index (χ2n) is 6.24. The monoisotopic (exact) mass is 470 g/mol. The molecule has 3 rings (SSSR count). The largest absolute Gasteiger partial charge is 0.465 e. The number of fused-ring (bicyclic) bond motifs is 1. The Bertz CT molecular complexity index is 907. The lowest BCUT2D eigenvalue weighted by Gasteiger charge is -2.30. The second kappa shape index (κ2) is 8.19. The van der Waals surface area contributed by atoms with Crippen LogP contribution >= 0.6 is 39.1 Å². The number of nitrogens with one attached hydrogen (secondary N) is 2. The van der Waals surface area contributed by atoms with Crippen LogP contribution in [0.25, 0.3) is 0 Å². The van der Waals surface area contributed by atoms with Crippen molar-refractivity contribution in [1.82, 2.24) is 5.32 Å².